The Balaban J connectivity index is 1.11. The summed E-state index contributed by atoms with van der Waals surface area (Å²) in [6, 6.07) is 18.9. The van der Waals surface area contributed by atoms with Crippen molar-refractivity contribution < 1.29 is 123 Å². The number of hydrogen-bond donors (Lipinski definition) is 13. The first kappa shape index (κ1) is 56.0. The number of hydrogen-bond acceptors (Lipinski definition) is 24. The van der Waals surface area contributed by atoms with E-state index in [4.69, 9.17) is 47.0 Å². The van der Waals surface area contributed by atoms with Crippen LogP contribution in [0.4, 0.5) is 0 Å². The van der Waals surface area contributed by atoms with Gasteiger partial charge in [0.05, 0.1) is 25.3 Å². The van der Waals surface area contributed by atoms with Crippen LogP contribution in [0, 0.1) is 0 Å². The zero-order valence-corrected chi connectivity index (χ0v) is 40.4. The molecule has 3 aliphatic heterocycles. The smallest absolute Gasteiger partial charge is 0.402 e. The number of aliphatic hydroxyl groups is 9. The third kappa shape index (κ3) is 13.0. The Morgan fingerprint density at radius 2 is 1.08 bits per heavy atom. The molecule has 0 amide bonds. The number of aromatic hydroxyl groups is 4. The second-order valence-electron chi connectivity index (χ2n) is 17.9. The third-order valence-electron chi connectivity index (χ3n) is 12.6. The van der Waals surface area contributed by atoms with Crippen molar-refractivity contribution in [1.29, 1.82) is 0 Å². The van der Waals surface area contributed by atoms with Crippen LogP contribution < -0.4 is 14.2 Å². The average Bonchev–Trinajstić information content (AvgIpc) is 3.46. The molecule has 3 saturated heterocycles. The molecule has 3 aliphatic rings. The molecule has 8 rings (SSSR count). The molecule has 13 N–H and O–H groups in total. The zero-order chi connectivity index (χ0) is 55.2. The molecule has 1 aromatic heterocycles. The first-order chi connectivity index (χ1) is 36.8. The van der Waals surface area contributed by atoms with Gasteiger partial charge >= 0.3 is 23.3 Å². The van der Waals surface area contributed by atoms with E-state index < -0.39 is 130 Å². The monoisotopic (exact) mass is 1080 g/mol. The number of fused-ring (bicyclic) bond motifs is 1. The number of carbonyl (C=O) groups excluding carboxylic acids is 2. The standard InChI is InChI=1S/C52H54O25/c1-68-33-16-24(4-13-30(33)57)6-15-39(59)69-21-36-41(61)44(64)47(67)51(75-36)77-49-45(65)42(62)37(22-70-38(58)14-5-23-2-9-26(54)10-3-23)76-52(49)73-34-19-29-31(71-48(34)25-7-11-27(55)12-8-25)17-28(56)18-32(29)72-50-46(66)43(63)40(60)35(20-53)74-50/h2-19,35-37,40-47,49-53,60-67H,20-22H2,1H3,(H3-,54,55,56,57,58,59)/p+1/t35-,36-,37-,40-,41-,42-,43-,44-,45-,46-,47-,49-,50-,51+,52-/m1/s1. The number of benzene rings is 4. The molecule has 0 unspecified atom stereocenters. The predicted octanol–water partition coefficient (Wildman–Crippen LogP) is -0.0779. The molecule has 0 saturated carbocycles. The molecule has 5 aromatic rings. The summed E-state index contributed by atoms with van der Waals surface area (Å²) in [5, 5.41) is 139. The molecule has 25 nitrogen and oxygen atoms in total. The third-order valence-corrected chi connectivity index (χ3v) is 12.6. The van der Waals surface area contributed by atoms with Crippen LogP contribution in [-0.2, 0) is 38.0 Å². The summed E-state index contributed by atoms with van der Waals surface area (Å²) in [4.78, 5) is 25.7. The average molecular weight is 1080 g/mol. The van der Waals surface area contributed by atoms with Crippen LogP contribution >= 0.6 is 0 Å². The van der Waals surface area contributed by atoms with Gasteiger partial charge in [0.1, 0.15) is 109 Å². The highest BCUT2D eigenvalue weighted by Crippen LogP contribution is 2.43. The Hall–Kier alpha value is -7.21. The molecule has 15 atom stereocenters. The van der Waals surface area contributed by atoms with Gasteiger partial charge in [0.25, 0.3) is 0 Å². The van der Waals surface area contributed by atoms with Gasteiger partial charge in [-0.3, -0.25) is 0 Å². The van der Waals surface area contributed by atoms with Crippen LogP contribution in [0.2, 0.25) is 0 Å². The molecule has 77 heavy (non-hydrogen) atoms. The maximum Gasteiger partial charge on any atom is 0.402 e. The molecular formula is C52H55O25+. The van der Waals surface area contributed by atoms with Crippen molar-refractivity contribution in [2.24, 2.45) is 0 Å². The molecule has 0 bridgehead atoms. The lowest BCUT2D eigenvalue weighted by Crippen LogP contribution is -2.65. The zero-order valence-electron chi connectivity index (χ0n) is 40.4. The van der Waals surface area contributed by atoms with Crippen molar-refractivity contribution in [3.8, 4) is 51.6 Å². The maximum absolute atomic E-state index is 12.9. The number of phenols is 4. The van der Waals surface area contributed by atoms with Gasteiger partial charge in [-0.2, -0.15) is 0 Å². The number of carbonyl (C=O) groups is 2. The number of phenolic OH excluding ortho intramolecular Hbond substituents is 4. The van der Waals surface area contributed by atoms with E-state index in [9.17, 15) is 76.0 Å². The van der Waals surface area contributed by atoms with E-state index in [0.29, 0.717) is 11.1 Å². The molecule has 3 fully saturated rings. The Morgan fingerprint density at radius 3 is 1.70 bits per heavy atom. The van der Waals surface area contributed by atoms with E-state index in [-0.39, 0.29) is 56.8 Å². The van der Waals surface area contributed by atoms with Crippen LogP contribution in [0.15, 0.2) is 101 Å². The Labute approximate surface area is 435 Å². The van der Waals surface area contributed by atoms with Crippen LogP contribution in [0.3, 0.4) is 0 Å². The highest BCUT2D eigenvalue weighted by molar-refractivity contribution is 5.89. The predicted molar refractivity (Wildman–Crippen MR) is 259 cm³/mol. The minimum atomic E-state index is -2.11. The van der Waals surface area contributed by atoms with E-state index in [1.54, 1.807) is 0 Å². The summed E-state index contributed by atoms with van der Waals surface area (Å²) in [5.74, 6) is -3.37. The lowest BCUT2D eigenvalue weighted by Gasteiger charge is -2.45. The fourth-order valence-corrected chi connectivity index (χ4v) is 8.33. The highest BCUT2D eigenvalue weighted by Gasteiger charge is 2.53. The second-order valence-corrected chi connectivity index (χ2v) is 17.9. The van der Waals surface area contributed by atoms with Crippen molar-refractivity contribution in [3.63, 3.8) is 0 Å². The molecule has 412 valence electrons. The van der Waals surface area contributed by atoms with Crippen LogP contribution in [0.25, 0.3) is 34.4 Å². The van der Waals surface area contributed by atoms with Crippen molar-refractivity contribution in [2.45, 2.75) is 92.1 Å². The molecule has 0 radical (unpaired) electrons. The van der Waals surface area contributed by atoms with E-state index in [1.165, 1.54) is 92.1 Å². The molecule has 0 aliphatic carbocycles. The normalized spacial score (nSPS) is 29.6. The second kappa shape index (κ2) is 24.4. The van der Waals surface area contributed by atoms with Crippen LogP contribution in [-0.4, -0.2) is 197 Å². The topological polar surface area (TPSA) is 392 Å². The summed E-state index contributed by atoms with van der Waals surface area (Å²) in [6.45, 7) is -2.29. The lowest BCUT2D eigenvalue weighted by molar-refractivity contribution is -0.358. The summed E-state index contributed by atoms with van der Waals surface area (Å²) in [6.07, 6.45) is -23.3. The Morgan fingerprint density at radius 1 is 0.545 bits per heavy atom. The minimum absolute atomic E-state index is 0.0165. The number of methoxy groups -OCH3 is 1. The fourth-order valence-electron chi connectivity index (χ4n) is 8.33. The van der Waals surface area contributed by atoms with E-state index >= 15 is 0 Å². The quantitative estimate of drug-likeness (QED) is 0.0329. The lowest BCUT2D eigenvalue weighted by atomic mass is 9.97. The van der Waals surface area contributed by atoms with E-state index in [2.05, 4.69) is 0 Å². The largest absolute Gasteiger partial charge is 0.508 e. The number of aliphatic hydroxyl groups excluding tert-OH is 9. The number of ether oxygens (including phenoxy) is 9. The van der Waals surface area contributed by atoms with Gasteiger partial charge in [0.2, 0.25) is 18.3 Å². The molecule has 0 spiro atoms. The minimum Gasteiger partial charge on any atom is -0.508 e. The van der Waals surface area contributed by atoms with E-state index in [0.717, 1.165) is 24.3 Å². The first-order valence-electron chi connectivity index (χ1n) is 23.6. The van der Waals surface area contributed by atoms with Gasteiger partial charge in [-0.25, -0.2) is 14.0 Å². The van der Waals surface area contributed by atoms with Crippen molar-refractivity contribution in [1.82, 2.24) is 0 Å². The SMILES string of the molecule is COc1cc(/C=C/C(=O)OC[C@H]2O[C@@H](O[C@H]3[C@H](Oc4cc5c(O[C@@H]6O[C@H](CO)[C@@H](O)[C@@H](O)[C@H]6O)cc(O)cc5[o+]c4-c4ccc(O)cc4)O[C@H](COC(=O)/C=C/c4ccc(O)cc4)[C@@H](O)[C@H]3O)[C@H](O)[C@H](O)[C@@H]2O)ccc1O. The summed E-state index contributed by atoms with van der Waals surface area (Å²) >= 11 is 0. The fraction of sp³-hybridized carbons (Fsp3) is 0.365. The summed E-state index contributed by atoms with van der Waals surface area (Å²) < 4.78 is 57.9. The first-order valence-corrected chi connectivity index (χ1v) is 23.6. The van der Waals surface area contributed by atoms with Gasteiger partial charge < -0.3 is 109 Å². The van der Waals surface area contributed by atoms with Crippen molar-refractivity contribution >= 4 is 35.1 Å². The Kier molecular flexibility index (Phi) is 17.8. The number of rotatable bonds is 17. The summed E-state index contributed by atoms with van der Waals surface area (Å²) in [5.41, 5.74) is 1.000. The van der Waals surface area contributed by atoms with Crippen LogP contribution in [0.1, 0.15) is 11.1 Å². The molecule has 4 heterocycles. The van der Waals surface area contributed by atoms with Crippen molar-refractivity contribution in [3.05, 3.63) is 108 Å². The summed E-state index contributed by atoms with van der Waals surface area (Å²) in [7, 11) is 1.33. The van der Waals surface area contributed by atoms with Crippen molar-refractivity contribution in [2.75, 3.05) is 26.9 Å². The molecule has 25 heteroatoms. The van der Waals surface area contributed by atoms with Gasteiger partial charge in [-0.1, -0.05) is 18.2 Å². The van der Waals surface area contributed by atoms with Gasteiger partial charge in [-0.15, -0.1) is 0 Å². The maximum atomic E-state index is 12.9. The van der Waals surface area contributed by atoms with Gasteiger partial charge in [0.15, 0.2) is 23.9 Å². The molecular weight excluding hydrogens is 1020 g/mol. The van der Waals surface area contributed by atoms with Gasteiger partial charge in [0, 0.05) is 24.3 Å². The Bertz CT molecular complexity index is 2890. The van der Waals surface area contributed by atoms with Gasteiger partial charge in [-0.05, 0) is 71.8 Å². The van der Waals surface area contributed by atoms with E-state index in [1.807, 2.05) is 0 Å². The highest BCUT2D eigenvalue weighted by atomic mass is 16.8. The number of esters is 2. The molecule has 4 aromatic carbocycles. The van der Waals surface area contributed by atoms with Crippen LogP contribution in [0.5, 0.6) is 40.2 Å².